The van der Waals surface area contributed by atoms with Crippen LogP contribution in [-0.2, 0) is 10.1 Å². The van der Waals surface area contributed by atoms with Crippen molar-refractivity contribution in [1.29, 1.82) is 0 Å². The van der Waals surface area contributed by atoms with Gasteiger partial charge < -0.3 is 0 Å². The average Bonchev–Trinajstić information content (AvgIpc) is 2.30. The van der Waals surface area contributed by atoms with Crippen LogP contribution in [0, 0.1) is 0 Å². The Labute approximate surface area is 73.6 Å². The summed E-state index contributed by atoms with van der Waals surface area (Å²) >= 11 is 0.996. The molecule has 0 saturated carbocycles. The number of thiophene rings is 1. The van der Waals surface area contributed by atoms with Crippen LogP contribution < -0.4 is 0 Å². The molecule has 1 heterocycles. The fourth-order valence-corrected chi connectivity index (χ4v) is 2.28. The van der Waals surface area contributed by atoms with E-state index in [0.29, 0.717) is 4.88 Å². The van der Waals surface area contributed by atoms with Crippen LogP contribution in [-0.4, -0.2) is 18.8 Å². The first-order chi connectivity index (χ1) is 5.41. The fourth-order valence-electron chi connectivity index (χ4n) is 0.639. The molecule has 1 rings (SSSR count). The summed E-state index contributed by atoms with van der Waals surface area (Å²) in [6, 6.07) is 1.16. The molecule has 0 saturated heterocycles. The van der Waals surface area contributed by atoms with E-state index in [1.54, 1.807) is 0 Å². The molecule has 66 valence electrons. The highest BCUT2D eigenvalue weighted by Crippen LogP contribution is 2.18. The van der Waals surface area contributed by atoms with Crippen LogP contribution in [0.1, 0.15) is 16.6 Å². The van der Waals surface area contributed by atoms with E-state index in [1.807, 2.05) is 0 Å². The van der Waals surface area contributed by atoms with E-state index in [1.165, 1.54) is 12.3 Å². The standard InChI is InChI=1S/C6H6O4S2/c1-4(7)6-2-5(3-11-6)12(8,9)10/h2-3H,1H3,(H,8,9,10). The molecule has 0 fully saturated rings. The van der Waals surface area contributed by atoms with E-state index >= 15 is 0 Å². The van der Waals surface area contributed by atoms with Gasteiger partial charge in [0.15, 0.2) is 5.78 Å². The highest BCUT2D eigenvalue weighted by atomic mass is 32.2. The van der Waals surface area contributed by atoms with Crippen molar-refractivity contribution in [3.05, 3.63) is 16.3 Å². The summed E-state index contributed by atoms with van der Waals surface area (Å²) in [4.78, 5) is 10.8. The van der Waals surface area contributed by atoms with E-state index in [9.17, 15) is 13.2 Å². The van der Waals surface area contributed by atoms with Crippen molar-refractivity contribution in [3.8, 4) is 0 Å². The van der Waals surface area contributed by atoms with Crippen molar-refractivity contribution in [1.82, 2.24) is 0 Å². The normalized spacial score (nSPS) is 11.5. The van der Waals surface area contributed by atoms with Gasteiger partial charge in [0.25, 0.3) is 10.1 Å². The lowest BCUT2D eigenvalue weighted by Crippen LogP contribution is -1.95. The van der Waals surface area contributed by atoms with Crippen LogP contribution in [0.25, 0.3) is 0 Å². The first kappa shape index (κ1) is 9.37. The Hall–Kier alpha value is -0.720. The Balaban J connectivity index is 3.17. The lowest BCUT2D eigenvalue weighted by atomic mass is 10.4. The van der Waals surface area contributed by atoms with Crippen molar-refractivity contribution in [3.63, 3.8) is 0 Å². The molecule has 1 aromatic rings. The van der Waals surface area contributed by atoms with Gasteiger partial charge in [-0.05, 0) is 13.0 Å². The van der Waals surface area contributed by atoms with Gasteiger partial charge in [0.2, 0.25) is 0 Å². The summed E-state index contributed by atoms with van der Waals surface area (Å²) in [5.74, 6) is -0.213. The van der Waals surface area contributed by atoms with Crippen LogP contribution in [0.3, 0.4) is 0 Å². The van der Waals surface area contributed by atoms with Gasteiger partial charge in [-0.1, -0.05) is 0 Å². The molecule has 0 unspecified atom stereocenters. The van der Waals surface area contributed by atoms with Crippen molar-refractivity contribution in [2.24, 2.45) is 0 Å². The molecule has 0 spiro atoms. The highest BCUT2D eigenvalue weighted by Gasteiger charge is 2.13. The minimum atomic E-state index is -4.16. The lowest BCUT2D eigenvalue weighted by Gasteiger charge is -1.87. The van der Waals surface area contributed by atoms with E-state index in [-0.39, 0.29) is 10.7 Å². The first-order valence-electron chi connectivity index (χ1n) is 2.98. The number of hydrogen-bond donors (Lipinski definition) is 1. The number of carbonyl (C=O) groups excluding carboxylic acids is 1. The zero-order valence-electron chi connectivity index (χ0n) is 6.14. The minimum Gasteiger partial charge on any atom is -0.294 e. The largest absolute Gasteiger partial charge is 0.295 e. The topological polar surface area (TPSA) is 71.4 Å². The highest BCUT2D eigenvalue weighted by molar-refractivity contribution is 7.86. The zero-order chi connectivity index (χ0) is 9.35. The van der Waals surface area contributed by atoms with Crippen LogP contribution in [0.5, 0.6) is 0 Å². The summed E-state index contributed by atoms with van der Waals surface area (Å²) in [6.07, 6.45) is 0. The predicted molar refractivity (Wildman–Crippen MR) is 44.1 cm³/mol. The third kappa shape index (κ3) is 1.90. The summed E-state index contributed by atoms with van der Waals surface area (Å²) in [7, 11) is -4.16. The molecule has 6 heteroatoms. The molecule has 0 atom stereocenters. The van der Waals surface area contributed by atoms with E-state index < -0.39 is 10.1 Å². The second kappa shape index (κ2) is 2.96. The quantitative estimate of drug-likeness (QED) is 0.583. The minimum absolute atomic E-state index is 0.213. The number of ketones is 1. The van der Waals surface area contributed by atoms with Crippen LogP contribution in [0.2, 0.25) is 0 Å². The van der Waals surface area contributed by atoms with Crippen LogP contribution >= 0.6 is 11.3 Å². The molecule has 0 amide bonds. The zero-order valence-corrected chi connectivity index (χ0v) is 7.78. The molecular formula is C6H6O4S2. The van der Waals surface area contributed by atoms with Crippen molar-refractivity contribution < 1.29 is 17.8 Å². The lowest BCUT2D eigenvalue weighted by molar-refractivity contribution is 0.102. The second-order valence-electron chi connectivity index (χ2n) is 2.18. The molecular weight excluding hydrogens is 200 g/mol. The molecule has 0 bridgehead atoms. The van der Waals surface area contributed by atoms with Gasteiger partial charge in [-0.25, -0.2) is 0 Å². The van der Waals surface area contributed by atoms with Gasteiger partial charge >= 0.3 is 0 Å². The number of rotatable bonds is 2. The smallest absolute Gasteiger partial charge is 0.294 e. The molecule has 1 N–H and O–H groups in total. The number of hydrogen-bond acceptors (Lipinski definition) is 4. The number of Topliss-reactive ketones (excluding diaryl/α,β-unsaturated/α-hetero) is 1. The fraction of sp³-hybridized carbons (Fsp3) is 0.167. The van der Waals surface area contributed by atoms with Gasteiger partial charge in [0, 0.05) is 5.38 Å². The van der Waals surface area contributed by atoms with Gasteiger partial charge in [0.1, 0.15) is 4.90 Å². The Morgan fingerprint density at radius 3 is 2.42 bits per heavy atom. The monoisotopic (exact) mass is 206 g/mol. The third-order valence-electron chi connectivity index (χ3n) is 1.22. The SMILES string of the molecule is CC(=O)c1cc(S(=O)(=O)O)cs1. The number of carbonyl (C=O) groups is 1. The van der Waals surface area contributed by atoms with Gasteiger partial charge in [-0.15, -0.1) is 11.3 Å². The Morgan fingerprint density at radius 2 is 2.17 bits per heavy atom. The van der Waals surface area contributed by atoms with Gasteiger partial charge in [-0.3, -0.25) is 9.35 Å². The van der Waals surface area contributed by atoms with Gasteiger partial charge in [0.05, 0.1) is 4.88 Å². The molecule has 0 aliphatic rings. The maximum Gasteiger partial charge on any atom is 0.295 e. The maximum absolute atomic E-state index is 10.7. The summed E-state index contributed by atoms with van der Waals surface area (Å²) in [5.41, 5.74) is 0. The van der Waals surface area contributed by atoms with Crippen molar-refractivity contribution >= 4 is 27.2 Å². The summed E-state index contributed by atoms with van der Waals surface area (Å²) < 4.78 is 29.6. The molecule has 1 aromatic heterocycles. The molecule has 4 nitrogen and oxygen atoms in total. The van der Waals surface area contributed by atoms with Crippen molar-refractivity contribution in [2.75, 3.05) is 0 Å². The predicted octanol–water partition coefficient (Wildman–Crippen LogP) is 1.20. The van der Waals surface area contributed by atoms with E-state index in [0.717, 1.165) is 17.4 Å². The maximum atomic E-state index is 10.7. The molecule has 12 heavy (non-hydrogen) atoms. The van der Waals surface area contributed by atoms with Crippen LogP contribution in [0.15, 0.2) is 16.3 Å². The molecule has 0 aromatic carbocycles. The molecule has 0 radical (unpaired) electrons. The van der Waals surface area contributed by atoms with Crippen molar-refractivity contribution in [2.45, 2.75) is 11.8 Å². The summed E-state index contributed by atoms with van der Waals surface area (Å²) in [5, 5.41) is 1.23. The van der Waals surface area contributed by atoms with Crippen LogP contribution in [0.4, 0.5) is 0 Å². The Kier molecular flexibility index (Phi) is 2.31. The van der Waals surface area contributed by atoms with E-state index in [2.05, 4.69) is 0 Å². The molecule has 0 aliphatic heterocycles. The third-order valence-corrected chi connectivity index (χ3v) is 3.23. The first-order valence-corrected chi connectivity index (χ1v) is 5.30. The Morgan fingerprint density at radius 1 is 1.58 bits per heavy atom. The summed E-state index contributed by atoms with van der Waals surface area (Å²) in [6.45, 7) is 1.33. The second-order valence-corrected chi connectivity index (χ2v) is 4.51. The van der Waals surface area contributed by atoms with E-state index in [4.69, 9.17) is 4.55 Å². The van der Waals surface area contributed by atoms with Gasteiger partial charge in [-0.2, -0.15) is 8.42 Å². The molecule has 0 aliphatic carbocycles. The average molecular weight is 206 g/mol. The Bertz CT molecular complexity index is 401.